The van der Waals surface area contributed by atoms with Gasteiger partial charge in [-0.3, -0.25) is 9.48 Å². The maximum Gasteiger partial charge on any atom is 0.244 e. The molecule has 1 amide bonds. The van der Waals surface area contributed by atoms with Gasteiger partial charge in [0.1, 0.15) is 10.8 Å². The number of ether oxygens (including phenoxy) is 2. The second-order valence-corrected chi connectivity index (χ2v) is 10.3. The van der Waals surface area contributed by atoms with E-state index < -0.39 is 0 Å². The Balaban J connectivity index is 1.52. The van der Waals surface area contributed by atoms with E-state index in [-0.39, 0.29) is 11.4 Å². The molecule has 3 heterocycles. The molecule has 34 heavy (non-hydrogen) atoms. The molecule has 2 aromatic heterocycles. The molecule has 8 heteroatoms. The van der Waals surface area contributed by atoms with Crippen LogP contribution in [0.2, 0.25) is 0 Å². The van der Waals surface area contributed by atoms with Crippen LogP contribution in [-0.4, -0.2) is 47.5 Å². The van der Waals surface area contributed by atoms with Gasteiger partial charge in [-0.05, 0) is 69.9 Å². The van der Waals surface area contributed by atoms with Crippen LogP contribution in [-0.2, 0) is 15.1 Å². The summed E-state index contributed by atoms with van der Waals surface area (Å²) in [5, 5.41) is 10.5. The number of nitrogens with one attached hydrogen (secondary N) is 1. The summed E-state index contributed by atoms with van der Waals surface area (Å²) < 4.78 is 12.7. The minimum absolute atomic E-state index is 0.0967. The fraction of sp³-hybridized carbons (Fsp3) is 0.423. The molecule has 0 spiro atoms. The fourth-order valence-corrected chi connectivity index (χ4v) is 4.74. The number of carbonyl (C=O) groups excluding carboxylic acids is 1. The summed E-state index contributed by atoms with van der Waals surface area (Å²) >= 11 is 1.54. The molecule has 180 valence electrons. The van der Waals surface area contributed by atoms with Crippen molar-refractivity contribution in [3.8, 4) is 27.6 Å². The smallest absolute Gasteiger partial charge is 0.244 e. The van der Waals surface area contributed by atoms with Crippen LogP contribution in [0.4, 0.5) is 0 Å². The minimum Gasteiger partial charge on any atom is -0.497 e. The van der Waals surface area contributed by atoms with E-state index in [2.05, 4.69) is 26.1 Å². The van der Waals surface area contributed by atoms with Crippen LogP contribution >= 0.6 is 11.3 Å². The van der Waals surface area contributed by atoms with E-state index >= 15 is 0 Å². The lowest BCUT2D eigenvalue weighted by Crippen LogP contribution is -2.31. The van der Waals surface area contributed by atoms with Crippen LogP contribution < -0.4 is 10.1 Å². The first-order valence-electron chi connectivity index (χ1n) is 11.6. The van der Waals surface area contributed by atoms with Gasteiger partial charge in [-0.15, -0.1) is 11.3 Å². The standard InChI is InChI=1S/C26H32N4O3S/c1-26(2,3)30-24(19-5-8-21(32-4)9-6-19)22(16-28-30)25-29-20(17-34-25)7-10-23(31)27-15-18-11-13-33-14-12-18/h5-10,16-18H,11-15H2,1-4H3,(H,27,31). The molecular weight excluding hydrogens is 448 g/mol. The SMILES string of the molecule is COc1ccc(-c2c(-c3nc(C=CC(=O)NCC4CCOCC4)cs3)cnn2C(C)(C)C)cc1. The summed E-state index contributed by atoms with van der Waals surface area (Å²) in [5.74, 6) is 1.21. The number of rotatable bonds is 7. The summed E-state index contributed by atoms with van der Waals surface area (Å²) in [6, 6.07) is 7.99. The van der Waals surface area contributed by atoms with E-state index in [0.29, 0.717) is 12.5 Å². The average molecular weight is 481 g/mol. The van der Waals surface area contributed by atoms with Crippen molar-refractivity contribution < 1.29 is 14.3 Å². The first-order chi connectivity index (χ1) is 16.3. The molecule has 0 bridgehead atoms. The Bertz CT molecular complexity index is 1140. The van der Waals surface area contributed by atoms with Gasteiger partial charge in [-0.2, -0.15) is 5.10 Å². The van der Waals surface area contributed by atoms with Gasteiger partial charge in [0.25, 0.3) is 0 Å². The summed E-state index contributed by atoms with van der Waals surface area (Å²) in [5.41, 5.74) is 3.58. The molecule has 0 radical (unpaired) electrons. The largest absolute Gasteiger partial charge is 0.497 e. The number of hydrogen-bond donors (Lipinski definition) is 1. The molecule has 7 nitrogen and oxygen atoms in total. The van der Waals surface area contributed by atoms with Gasteiger partial charge in [-0.1, -0.05) is 0 Å². The van der Waals surface area contributed by atoms with E-state index in [1.54, 1.807) is 30.6 Å². The summed E-state index contributed by atoms with van der Waals surface area (Å²) in [4.78, 5) is 17.0. The minimum atomic E-state index is -0.198. The van der Waals surface area contributed by atoms with E-state index in [1.807, 2.05) is 40.5 Å². The van der Waals surface area contributed by atoms with E-state index in [0.717, 1.165) is 59.3 Å². The predicted molar refractivity (Wildman–Crippen MR) is 136 cm³/mol. The number of thiazole rings is 1. The number of benzene rings is 1. The average Bonchev–Trinajstić information content (AvgIpc) is 3.49. The van der Waals surface area contributed by atoms with Crippen LogP contribution in [0.1, 0.15) is 39.3 Å². The van der Waals surface area contributed by atoms with Crippen LogP contribution in [0.5, 0.6) is 5.75 Å². The van der Waals surface area contributed by atoms with E-state index in [9.17, 15) is 4.79 Å². The van der Waals surface area contributed by atoms with Gasteiger partial charge in [0.05, 0.1) is 35.8 Å². The maximum absolute atomic E-state index is 12.3. The molecule has 1 aromatic carbocycles. The van der Waals surface area contributed by atoms with Crippen molar-refractivity contribution in [2.45, 2.75) is 39.2 Å². The van der Waals surface area contributed by atoms with Crippen molar-refractivity contribution in [1.82, 2.24) is 20.1 Å². The maximum atomic E-state index is 12.3. The van der Waals surface area contributed by atoms with Crippen molar-refractivity contribution >= 4 is 23.3 Å². The Morgan fingerprint density at radius 1 is 1.26 bits per heavy atom. The Hall–Kier alpha value is -2.97. The van der Waals surface area contributed by atoms with Crippen LogP contribution in [0.25, 0.3) is 27.9 Å². The number of carbonyl (C=O) groups is 1. The van der Waals surface area contributed by atoms with Crippen LogP contribution in [0, 0.1) is 5.92 Å². The number of methoxy groups -OCH3 is 1. The molecule has 1 N–H and O–H groups in total. The molecular formula is C26H32N4O3S. The summed E-state index contributed by atoms with van der Waals surface area (Å²) in [6.45, 7) is 8.64. The molecule has 1 aliphatic rings. The van der Waals surface area contributed by atoms with E-state index in [1.165, 1.54) is 0 Å². The van der Waals surface area contributed by atoms with Crippen molar-refractivity contribution in [2.24, 2.45) is 5.92 Å². The van der Waals surface area contributed by atoms with Gasteiger partial charge in [0.2, 0.25) is 5.91 Å². The van der Waals surface area contributed by atoms with Crippen LogP contribution in [0.15, 0.2) is 41.9 Å². The molecule has 1 saturated heterocycles. The number of hydrogen-bond acceptors (Lipinski definition) is 6. The van der Waals surface area contributed by atoms with Crippen molar-refractivity contribution in [2.75, 3.05) is 26.9 Å². The topological polar surface area (TPSA) is 78.3 Å². The molecule has 1 fully saturated rings. The van der Waals surface area contributed by atoms with Crippen molar-refractivity contribution in [3.05, 3.63) is 47.6 Å². The number of nitrogens with zero attached hydrogens (tertiary/aromatic N) is 3. The molecule has 0 aliphatic carbocycles. The highest BCUT2D eigenvalue weighted by Gasteiger charge is 2.24. The lowest BCUT2D eigenvalue weighted by atomic mass is 10.0. The molecule has 0 atom stereocenters. The second kappa shape index (κ2) is 10.5. The third-order valence-corrected chi connectivity index (χ3v) is 6.73. The highest BCUT2D eigenvalue weighted by molar-refractivity contribution is 7.13. The Morgan fingerprint density at radius 2 is 2.00 bits per heavy atom. The van der Waals surface area contributed by atoms with Crippen molar-refractivity contribution in [1.29, 1.82) is 0 Å². The van der Waals surface area contributed by atoms with Crippen LogP contribution in [0.3, 0.4) is 0 Å². The monoisotopic (exact) mass is 480 g/mol. The molecule has 0 unspecified atom stereocenters. The molecule has 3 aromatic rings. The zero-order valence-corrected chi connectivity index (χ0v) is 21.0. The number of aromatic nitrogens is 3. The lowest BCUT2D eigenvalue weighted by Gasteiger charge is -2.23. The third-order valence-electron chi connectivity index (χ3n) is 5.83. The first kappa shape index (κ1) is 24.2. The van der Waals surface area contributed by atoms with Gasteiger partial charge in [-0.25, -0.2) is 4.98 Å². The Kier molecular flexibility index (Phi) is 7.48. The predicted octanol–water partition coefficient (Wildman–Crippen LogP) is 4.99. The lowest BCUT2D eigenvalue weighted by molar-refractivity contribution is -0.116. The third kappa shape index (κ3) is 5.74. The molecule has 0 saturated carbocycles. The quantitative estimate of drug-likeness (QED) is 0.482. The normalized spacial score (nSPS) is 15.1. The first-order valence-corrected chi connectivity index (χ1v) is 12.5. The number of amides is 1. The molecule has 4 rings (SSSR count). The summed E-state index contributed by atoms with van der Waals surface area (Å²) in [6.07, 6.45) is 7.19. The second-order valence-electron chi connectivity index (χ2n) is 9.43. The van der Waals surface area contributed by atoms with Crippen molar-refractivity contribution in [3.63, 3.8) is 0 Å². The van der Waals surface area contributed by atoms with Gasteiger partial charge >= 0.3 is 0 Å². The van der Waals surface area contributed by atoms with Gasteiger partial charge < -0.3 is 14.8 Å². The van der Waals surface area contributed by atoms with Gasteiger partial charge in [0, 0.05) is 36.8 Å². The van der Waals surface area contributed by atoms with E-state index in [4.69, 9.17) is 19.6 Å². The highest BCUT2D eigenvalue weighted by atomic mass is 32.1. The Morgan fingerprint density at radius 3 is 2.68 bits per heavy atom. The zero-order chi connectivity index (χ0) is 24.1. The Labute approximate surface area is 204 Å². The highest BCUT2D eigenvalue weighted by Crippen LogP contribution is 2.37. The summed E-state index contributed by atoms with van der Waals surface area (Å²) in [7, 11) is 1.66. The molecule has 1 aliphatic heterocycles. The zero-order valence-electron chi connectivity index (χ0n) is 20.2. The fourth-order valence-electron chi connectivity index (χ4n) is 3.94. The van der Waals surface area contributed by atoms with Gasteiger partial charge in [0.15, 0.2) is 0 Å².